The molecule has 0 aromatic heterocycles. The Hall–Kier alpha value is -2.08. The van der Waals surface area contributed by atoms with E-state index in [1.54, 1.807) is 0 Å². The smallest absolute Gasteiger partial charge is 0.311 e. The summed E-state index contributed by atoms with van der Waals surface area (Å²) in [7, 11) is 0. The Bertz CT molecular complexity index is 543. The maximum absolute atomic E-state index is 11.8. The molecule has 1 aromatic rings. The number of amides is 1. The van der Waals surface area contributed by atoms with Crippen molar-refractivity contribution in [3.63, 3.8) is 0 Å². The summed E-state index contributed by atoms with van der Waals surface area (Å²) in [6.45, 7) is 4.08. The predicted molar refractivity (Wildman–Crippen MR) is 75.3 cm³/mol. The summed E-state index contributed by atoms with van der Waals surface area (Å²) < 4.78 is 10.5. The van der Waals surface area contributed by atoms with Crippen LogP contribution in [0.1, 0.15) is 11.1 Å². The Morgan fingerprint density at radius 1 is 1.38 bits per heavy atom. The molecule has 1 fully saturated rings. The van der Waals surface area contributed by atoms with Crippen molar-refractivity contribution in [1.29, 1.82) is 0 Å². The third-order valence-corrected chi connectivity index (χ3v) is 3.43. The number of nitrogens with one attached hydrogen (secondary N) is 1. The van der Waals surface area contributed by atoms with Crippen LogP contribution in [0.15, 0.2) is 18.2 Å². The molecule has 1 aliphatic heterocycles. The number of aryl methyl sites for hydroxylation is 2. The quantitative estimate of drug-likeness (QED) is 0.842. The van der Waals surface area contributed by atoms with Gasteiger partial charge in [-0.3, -0.25) is 9.59 Å². The molecule has 1 aromatic carbocycles. The van der Waals surface area contributed by atoms with Gasteiger partial charge in [-0.15, -0.1) is 0 Å². The third-order valence-electron chi connectivity index (χ3n) is 3.43. The van der Waals surface area contributed by atoms with Gasteiger partial charge in [0.15, 0.2) is 6.61 Å². The summed E-state index contributed by atoms with van der Waals surface area (Å²) in [6, 6.07) is 5.19. The predicted octanol–water partition coefficient (Wildman–Crippen LogP) is 0.898. The van der Waals surface area contributed by atoms with Crippen LogP contribution in [0.2, 0.25) is 0 Å². The van der Waals surface area contributed by atoms with E-state index >= 15 is 0 Å². The fourth-order valence-electron chi connectivity index (χ4n) is 2.29. The van der Waals surface area contributed by atoms with Crippen molar-refractivity contribution < 1.29 is 24.2 Å². The molecular weight excluding hydrogens is 274 g/mol. The van der Waals surface area contributed by atoms with Gasteiger partial charge in [0, 0.05) is 0 Å². The van der Waals surface area contributed by atoms with Crippen LogP contribution in [0.25, 0.3) is 0 Å². The molecule has 2 rings (SSSR count). The number of hydrogen-bond donors (Lipinski definition) is 2. The number of aliphatic carboxylic acids is 1. The minimum absolute atomic E-state index is 0.123. The van der Waals surface area contributed by atoms with E-state index in [9.17, 15) is 9.59 Å². The lowest BCUT2D eigenvalue weighted by atomic mass is 10.0. The van der Waals surface area contributed by atoms with Gasteiger partial charge in [-0.05, 0) is 25.5 Å². The highest BCUT2D eigenvalue weighted by Gasteiger charge is 2.35. The van der Waals surface area contributed by atoms with Crippen molar-refractivity contribution >= 4 is 11.9 Å². The molecule has 2 atom stereocenters. The molecular formula is C15H19NO5. The van der Waals surface area contributed by atoms with E-state index in [0.29, 0.717) is 5.75 Å². The van der Waals surface area contributed by atoms with Crippen LogP contribution in [-0.2, 0) is 14.3 Å². The van der Waals surface area contributed by atoms with Crippen molar-refractivity contribution in [2.24, 2.45) is 5.92 Å². The van der Waals surface area contributed by atoms with Gasteiger partial charge >= 0.3 is 5.97 Å². The summed E-state index contributed by atoms with van der Waals surface area (Å²) in [6.07, 6.45) is 0. The number of carbonyl (C=O) groups is 2. The molecule has 0 aliphatic carbocycles. The van der Waals surface area contributed by atoms with Crippen LogP contribution in [-0.4, -0.2) is 42.8 Å². The van der Waals surface area contributed by atoms with E-state index in [2.05, 4.69) is 5.32 Å². The first-order valence-corrected chi connectivity index (χ1v) is 6.77. The molecule has 114 valence electrons. The first-order chi connectivity index (χ1) is 9.97. The van der Waals surface area contributed by atoms with E-state index in [1.165, 1.54) is 0 Å². The molecule has 6 nitrogen and oxygen atoms in total. The molecule has 1 saturated heterocycles. The summed E-state index contributed by atoms with van der Waals surface area (Å²) in [5.74, 6) is -1.37. The molecule has 0 bridgehead atoms. The molecule has 1 heterocycles. The number of carboxylic acid groups (broad SMARTS) is 1. The third kappa shape index (κ3) is 3.95. The van der Waals surface area contributed by atoms with Crippen LogP contribution in [0.4, 0.5) is 0 Å². The molecule has 6 heteroatoms. The molecule has 1 aliphatic rings. The van der Waals surface area contributed by atoms with Crippen LogP contribution in [0, 0.1) is 19.8 Å². The van der Waals surface area contributed by atoms with Crippen molar-refractivity contribution in [3.05, 3.63) is 29.3 Å². The second-order valence-electron chi connectivity index (χ2n) is 5.21. The van der Waals surface area contributed by atoms with Gasteiger partial charge in [-0.1, -0.05) is 17.7 Å². The van der Waals surface area contributed by atoms with E-state index < -0.39 is 17.9 Å². The SMILES string of the molecule is Cc1ccc(OCC(=O)NC2COCC2C(=O)O)c(C)c1. The largest absolute Gasteiger partial charge is 0.484 e. The van der Waals surface area contributed by atoms with Crippen molar-refractivity contribution in [1.82, 2.24) is 5.32 Å². The Kier molecular flexibility index (Phi) is 4.80. The fraction of sp³-hybridized carbons (Fsp3) is 0.467. The number of carbonyl (C=O) groups excluding carboxylic acids is 1. The summed E-state index contributed by atoms with van der Waals surface area (Å²) in [4.78, 5) is 22.8. The number of hydrogen-bond acceptors (Lipinski definition) is 4. The van der Waals surface area contributed by atoms with Crippen molar-refractivity contribution in [3.8, 4) is 5.75 Å². The van der Waals surface area contributed by atoms with Crippen LogP contribution in [0.3, 0.4) is 0 Å². The molecule has 2 N–H and O–H groups in total. The average molecular weight is 293 g/mol. The number of rotatable bonds is 5. The van der Waals surface area contributed by atoms with Crippen molar-refractivity contribution in [2.75, 3.05) is 19.8 Å². The Morgan fingerprint density at radius 3 is 2.81 bits per heavy atom. The van der Waals surface area contributed by atoms with E-state index in [0.717, 1.165) is 11.1 Å². The molecule has 1 amide bonds. The van der Waals surface area contributed by atoms with E-state index in [4.69, 9.17) is 14.6 Å². The van der Waals surface area contributed by atoms with Gasteiger partial charge in [0.2, 0.25) is 0 Å². The zero-order valence-electron chi connectivity index (χ0n) is 12.1. The molecule has 21 heavy (non-hydrogen) atoms. The minimum atomic E-state index is -0.965. The second kappa shape index (κ2) is 6.58. The fourth-order valence-corrected chi connectivity index (χ4v) is 2.29. The average Bonchev–Trinajstić information content (AvgIpc) is 2.86. The Morgan fingerprint density at radius 2 is 2.14 bits per heavy atom. The maximum Gasteiger partial charge on any atom is 0.311 e. The molecule has 0 saturated carbocycles. The van der Waals surface area contributed by atoms with Crippen LogP contribution < -0.4 is 10.1 Å². The highest BCUT2D eigenvalue weighted by Crippen LogP contribution is 2.18. The van der Waals surface area contributed by atoms with Crippen LogP contribution >= 0.6 is 0 Å². The number of carboxylic acids is 1. The van der Waals surface area contributed by atoms with Gasteiger partial charge < -0.3 is 19.9 Å². The lowest BCUT2D eigenvalue weighted by molar-refractivity contribution is -0.142. The first kappa shape index (κ1) is 15.3. The maximum atomic E-state index is 11.8. The molecule has 0 spiro atoms. The highest BCUT2D eigenvalue weighted by atomic mass is 16.5. The standard InChI is InChI=1S/C15H19NO5/c1-9-3-4-13(10(2)5-9)21-8-14(17)16-12-7-20-6-11(12)15(18)19/h3-5,11-12H,6-8H2,1-2H3,(H,16,17)(H,18,19). The second-order valence-corrected chi connectivity index (χ2v) is 5.21. The van der Waals surface area contributed by atoms with Gasteiger partial charge in [0.05, 0.1) is 19.3 Å². The van der Waals surface area contributed by atoms with Gasteiger partial charge in [0.1, 0.15) is 11.7 Å². The zero-order valence-corrected chi connectivity index (χ0v) is 12.1. The van der Waals surface area contributed by atoms with Crippen LogP contribution in [0.5, 0.6) is 5.75 Å². The van der Waals surface area contributed by atoms with Crippen molar-refractivity contribution in [2.45, 2.75) is 19.9 Å². The van der Waals surface area contributed by atoms with Gasteiger partial charge in [-0.2, -0.15) is 0 Å². The van der Waals surface area contributed by atoms with E-state index in [1.807, 2.05) is 32.0 Å². The minimum Gasteiger partial charge on any atom is -0.484 e. The molecule has 0 radical (unpaired) electrons. The topological polar surface area (TPSA) is 84.9 Å². The zero-order chi connectivity index (χ0) is 15.4. The molecule has 2 unspecified atom stereocenters. The Labute approximate surface area is 123 Å². The monoisotopic (exact) mass is 293 g/mol. The number of ether oxygens (including phenoxy) is 2. The highest BCUT2D eigenvalue weighted by molar-refractivity contribution is 5.79. The first-order valence-electron chi connectivity index (χ1n) is 6.77. The number of benzene rings is 1. The van der Waals surface area contributed by atoms with E-state index in [-0.39, 0.29) is 25.7 Å². The lowest BCUT2D eigenvalue weighted by Gasteiger charge is -2.16. The summed E-state index contributed by atoms with van der Waals surface area (Å²) in [5, 5.41) is 11.6. The normalized spacial score (nSPS) is 21.0. The Balaban J connectivity index is 1.86. The summed E-state index contributed by atoms with van der Waals surface area (Å²) in [5.41, 5.74) is 2.08. The van der Waals surface area contributed by atoms with Gasteiger partial charge in [0.25, 0.3) is 5.91 Å². The summed E-state index contributed by atoms with van der Waals surface area (Å²) >= 11 is 0. The van der Waals surface area contributed by atoms with Gasteiger partial charge in [-0.25, -0.2) is 0 Å². The lowest BCUT2D eigenvalue weighted by Crippen LogP contribution is -2.44.